The van der Waals surface area contributed by atoms with Crippen LogP contribution in [0.4, 0.5) is 10.5 Å². The van der Waals surface area contributed by atoms with E-state index in [1.54, 1.807) is 21.9 Å². The van der Waals surface area contributed by atoms with Crippen molar-refractivity contribution in [3.8, 4) is 0 Å². The van der Waals surface area contributed by atoms with Crippen LogP contribution in [0, 0.1) is 0 Å². The highest BCUT2D eigenvalue weighted by molar-refractivity contribution is 7.96. The van der Waals surface area contributed by atoms with Crippen molar-refractivity contribution in [2.75, 3.05) is 44.2 Å². The van der Waals surface area contributed by atoms with E-state index in [0.717, 1.165) is 57.5 Å². The molecule has 3 aliphatic rings. The van der Waals surface area contributed by atoms with Crippen LogP contribution in [0.15, 0.2) is 18.2 Å². The zero-order valence-corrected chi connectivity index (χ0v) is 20.8. The summed E-state index contributed by atoms with van der Waals surface area (Å²) in [6.07, 6.45) is 3.03. The van der Waals surface area contributed by atoms with Gasteiger partial charge in [-0.15, -0.1) is 0 Å². The van der Waals surface area contributed by atoms with Gasteiger partial charge >= 0.3 is 5.97 Å². The van der Waals surface area contributed by atoms with Gasteiger partial charge in [-0.05, 0) is 63.7 Å². The monoisotopic (exact) mass is 490 g/mol. The Kier molecular flexibility index (Phi) is 6.97. The van der Waals surface area contributed by atoms with E-state index < -0.39 is 5.54 Å². The van der Waals surface area contributed by atoms with Crippen molar-refractivity contribution in [1.29, 1.82) is 0 Å². The van der Waals surface area contributed by atoms with Gasteiger partial charge in [-0.2, -0.15) is 0 Å². The number of benzene rings is 1. The molecule has 0 bridgehead atoms. The number of piperazine rings is 1. The second kappa shape index (κ2) is 9.60. The van der Waals surface area contributed by atoms with Crippen molar-refractivity contribution in [2.24, 2.45) is 0 Å². The van der Waals surface area contributed by atoms with Crippen molar-refractivity contribution in [1.82, 2.24) is 14.7 Å². The molecule has 33 heavy (non-hydrogen) atoms. The van der Waals surface area contributed by atoms with Crippen molar-refractivity contribution in [2.45, 2.75) is 45.3 Å². The molecule has 0 aliphatic carbocycles. The molecule has 0 aromatic heterocycles. The molecule has 3 aliphatic heterocycles. The van der Waals surface area contributed by atoms with E-state index in [-0.39, 0.29) is 23.7 Å². The maximum Gasteiger partial charge on any atom is 0.338 e. The summed E-state index contributed by atoms with van der Waals surface area (Å²) in [6, 6.07) is 5.29. The van der Waals surface area contributed by atoms with E-state index in [2.05, 4.69) is 17.5 Å². The zero-order valence-electron chi connectivity index (χ0n) is 19.1. The first-order valence-corrected chi connectivity index (χ1v) is 12.2. The van der Waals surface area contributed by atoms with Crippen LogP contribution in [0.1, 0.15) is 49.0 Å². The smallest absolute Gasteiger partial charge is 0.338 e. The van der Waals surface area contributed by atoms with Gasteiger partial charge in [-0.1, -0.05) is 19.0 Å². The average Bonchev–Trinajstić information content (AvgIpc) is 3.23. The summed E-state index contributed by atoms with van der Waals surface area (Å²) in [4.78, 5) is 44.0. The van der Waals surface area contributed by atoms with Crippen LogP contribution in [-0.2, 0) is 16.1 Å². The van der Waals surface area contributed by atoms with Gasteiger partial charge in [0.2, 0.25) is 0 Å². The van der Waals surface area contributed by atoms with Crippen molar-refractivity contribution < 1.29 is 19.1 Å². The van der Waals surface area contributed by atoms with Gasteiger partial charge in [0.25, 0.3) is 11.1 Å². The summed E-state index contributed by atoms with van der Waals surface area (Å²) in [5.41, 5.74) is 1.28. The fourth-order valence-electron chi connectivity index (χ4n) is 4.64. The highest BCUT2D eigenvalue weighted by Gasteiger charge is 2.49. The van der Waals surface area contributed by atoms with Crippen LogP contribution in [0.25, 0.3) is 0 Å². The van der Waals surface area contributed by atoms with Gasteiger partial charge in [0.15, 0.2) is 5.11 Å². The maximum atomic E-state index is 13.2. The Morgan fingerprint density at radius 2 is 1.79 bits per heavy atom. The number of amides is 2. The lowest BCUT2D eigenvalue weighted by Crippen LogP contribution is -2.47. The maximum absolute atomic E-state index is 13.2. The van der Waals surface area contributed by atoms with E-state index in [9.17, 15) is 14.4 Å². The van der Waals surface area contributed by atoms with Crippen LogP contribution >= 0.6 is 24.8 Å². The molecule has 0 atom stereocenters. The Balaban J connectivity index is 1.30. The molecule has 4 rings (SSSR count). The number of nitrogens with zero attached hydrogens (tertiary/aromatic N) is 4. The minimum Gasteiger partial charge on any atom is -0.457 e. The number of hydrogen-bond acceptors (Lipinski definition) is 6. The molecule has 1 aromatic carbocycles. The largest absolute Gasteiger partial charge is 0.457 e. The lowest BCUT2D eigenvalue weighted by Gasteiger charge is -2.33. The number of cyclic esters (lactones) is 1. The fraction of sp³-hybridized carbons (Fsp3) is 0.565. The number of fused-ring (bicyclic) bond motifs is 1. The summed E-state index contributed by atoms with van der Waals surface area (Å²) in [7, 11) is 0. The zero-order chi connectivity index (χ0) is 23.8. The number of rotatable bonds is 7. The molecule has 10 heteroatoms. The number of hydrogen-bond donors (Lipinski definition) is 1. The lowest BCUT2D eigenvalue weighted by molar-refractivity contribution is -0.123. The average molecular weight is 491 g/mol. The van der Waals surface area contributed by atoms with Gasteiger partial charge in [0, 0.05) is 38.3 Å². The Morgan fingerprint density at radius 1 is 1.09 bits per heavy atom. The van der Waals surface area contributed by atoms with E-state index in [4.69, 9.17) is 17.0 Å². The molecule has 2 fully saturated rings. The number of esters is 1. The molecule has 0 spiro atoms. The van der Waals surface area contributed by atoms with E-state index >= 15 is 0 Å². The molecule has 8 nitrogen and oxygen atoms in total. The van der Waals surface area contributed by atoms with E-state index in [0.29, 0.717) is 22.9 Å². The third-order valence-electron chi connectivity index (χ3n) is 6.75. The summed E-state index contributed by atoms with van der Waals surface area (Å²) in [5, 5.41) is 0.354. The van der Waals surface area contributed by atoms with E-state index in [1.807, 2.05) is 24.8 Å². The number of ether oxygens (including phenoxy) is 1. The van der Waals surface area contributed by atoms with Crippen LogP contribution in [-0.4, -0.2) is 81.7 Å². The van der Waals surface area contributed by atoms with E-state index in [1.165, 1.54) is 0 Å². The number of carbonyl (C=O) groups excluding carboxylic acids is 3. The predicted octanol–water partition coefficient (Wildman–Crippen LogP) is 2.91. The Labute approximate surface area is 205 Å². The highest BCUT2D eigenvalue weighted by Crippen LogP contribution is 2.34. The normalized spacial score (nSPS) is 20.5. The molecule has 178 valence electrons. The molecule has 0 unspecified atom stereocenters. The second-order valence-electron chi connectivity index (χ2n) is 9.22. The molecule has 0 saturated carbocycles. The summed E-state index contributed by atoms with van der Waals surface area (Å²) < 4.78 is 5.08. The van der Waals surface area contributed by atoms with Gasteiger partial charge in [-0.3, -0.25) is 19.4 Å². The second-order valence-corrected chi connectivity index (χ2v) is 9.97. The molecule has 0 N–H and O–H groups in total. The number of anilines is 1. The summed E-state index contributed by atoms with van der Waals surface area (Å²) in [6.45, 7) is 9.00. The quantitative estimate of drug-likeness (QED) is 0.273. The Morgan fingerprint density at radius 3 is 2.48 bits per heavy atom. The standard InChI is InChI=1S/C23H30N4O4S2/c1-23(2)20(29)27(17-6-7-18-16(14-17)15-31-19(18)28)21(32)26(23)9-5-3-4-8-24-10-12-25(13-11-24)22(30)33/h6-7,14H,3-5,8-13,15H2,1-2H3,(H,30,33). The van der Waals surface area contributed by atoms with Crippen molar-refractivity contribution >= 4 is 52.8 Å². The lowest BCUT2D eigenvalue weighted by atomic mass is 10.0. The Hall–Kier alpha value is -2.17. The van der Waals surface area contributed by atoms with Crippen molar-refractivity contribution in [3.05, 3.63) is 29.3 Å². The van der Waals surface area contributed by atoms with Gasteiger partial charge in [0.05, 0.1) is 11.3 Å². The number of thiocarbonyl (C=S) groups is 1. The minimum atomic E-state index is -0.724. The first-order chi connectivity index (χ1) is 15.7. The molecule has 2 saturated heterocycles. The number of carbonyl (C=O) groups is 3. The third-order valence-corrected chi connectivity index (χ3v) is 7.43. The Bertz CT molecular complexity index is 975. The molecule has 0 radical (unpaired) electrons. The SMILES string of the molecule is CC1(C)C(=O)N(c2ccc3c(c2)COC3=O)C(=S)N1CCCCCN1CCN(C(=O)S)CC1. The number of thiol groups is 1. The van der Waals surface area contributed by atoms with Gasteiger partial charge in [0.1, 0.15) is 12.1 Å². The van der Waals surface area contributed by atoms with Gasteiger partial charge in [-0.25, -0.2) is 4.79 Å². The fourth-order valence-corrected chi connectivity index (χ4v) is 5.35. The first kappa shape index (κ1) is 24.0. The summed E-state index contributed by atoms with van der Waals surface area (Å²) in [5.74, 6) is -0.389. The minimum absolute atomic E-state index is 0.0608. The predicted molar refractivity (Wildman–Crippen MR) is 133 cm³/mol. The number of unbranched alkanes of at least 4 members (excludes halogenated alkanes) is 2. The van der Waals surface area contributed by atoms with Crippen LogP contribution < -0.4 is 4.90 Å². The first-order valence-electron chi connectivity index (χ1n) is 11.4. The summed E-state index contributed by atoms with van der Waals surface area (Å²) >= 11 is 9.62. The molecular formula is C23H30N4O4S2. The van der Waals surface area contributed by atoms with Crippen LogP contribution in [0.3, 0.4) is 0 Å². The van der Waals surface area contributed by atoms with Crippen molar-refractivity contribution in [3.63, 3.8) is 0 Å². The molecule has 3 heterocycles. The topological polar surface area (TPSA) is 73.4 Å². The van der Waals surface area contributed by atoms with Crippen LogP contribution in [0.5, 0.6) is 0 Å². The molecule has 2 amide bonds. The highest BCUT2D eigenvalue weighted by atomic mass is 32.1. The third kappa shape index (κ3) is 4.74. The molecular weight excluding hydrogens is 460 g/mol. The van der Waals surface area contributed by atoms with Crippen LogP contribution in [0.2, 0.25) is 0 Å². The molecule has 1 aromatic rings. The van der Waals surface area contributed by atoms with Gasteiger partial charge < -0.3 is 14.5 Å².